The molecule has 1 unspecified atom stereocenters. The maximum Gasteiger partial charge on any atom is 0.306 e. The molecule has 2 aromatic rings. The summed E-state index contributed by atoms with van der Waals surface area (Å²) in [5.41, 5.74) is 1.75. The van der Waals surface area contributed by atoms with Crippen molar-refractivity contribution in [3.05, 3.63) is 30.9 Å². The molecule has 9 heteroatoms. The van der Waals surface area contributed by atoms with Gasteiger partial charge in [-0.2, -0.15) is 4.99 Å². The molecule has 0 radical (unpaired) electrons. The topological polar surface area (TPSA) is 90.9 Å². The van der Waals surface area contributed by atoms with Crippen LogP contribution in [-0.4, -0.2) is 76.0 Å². The Morgan fingerprint density at radius 2 is 2.03 bits per heavy atom. The lowest BCUT2D eigenvalue weighted by molar-refractivity contribution is -0.231. The molecule has 0 amide bonds. The Morgan fingerprint density at radius 1 is 1.24 bits per heavy atom. The van der Waals surface area contributed by atoms with Crippen LogP contribution in [0.4, 0.5) is 5.82 Å². The number of nitrogens with one attached hydrogen (secondary N) is 2. The number of aromatic nitrogens is 3. The van der Waals surface area contributed by atoms with Crippen molar-refractivity contribution in [3.63, 3.8) is 0 Å². The van der Waals surface area contributed by atoms with Gasteiger partial charge in [0, 0.05) is 45.6 Å². The lowest BCUT2D eigenvalue weighted by atomic mass is 10.1. The SMILES string of the molecule is COC1CCN(C2(OC)N=C(Nc3cc4[nH]cnc4cn3)C=CN2C(C)C)CC1. The van der Waals surface area contributed by atoms with Gasteiger partial charge in [-0.3, -0.25) is 0 Å². The molecule has 1 fully saturated rings. The summed E-state index contributed by atoms with van der Waals surface area (Å²) in [6, 6.07) is 2.14. The Kier molecular flexibility index (Phi) is 5.53. The highest BCUT2D eigenvalue weighted by Gasteiger charge is 2.46. The quantitative estimate of drug-likeness (QED) is 0.798. The third kappa shape index (κ3) is 3.73. The summed E-state index contributed by atoms with van der Waals surface area (Å²) < 4.78 is 11.6. The average Bonchev–Trinajstić information content (AvgIpc) is 3.21. The molecule has 2 aromatic heterocycles. The Labute approximate surface area is 170 Å². The molecular formula is C20H29N7O2. The van der Waals surface area contributed by atoms with Crippen molar-refractivity contribution in [1.82, 2.24) is 24.8 Å². The molecule has 9 nitrogen and oxygen atoms in total. The fraction of sp³-hybridized carbons (Fsp3) is 0.550. The Bertz CT molecular complexity index is 901. The van der Waals surface area contributed by atoms with Crippen molar-refractivity contribution in [2.24, 2.45) is 4.99 Å². The van der Waals surface area contributed by atoms with Crippen LogP contribution in [0.3, 0.4) is 0 Å². The summed E-state index contributed by atoms with van der Waals surface area (Å²) in [5, 5.41) is 3.32. The van der Waals surface area contributed by atoms with Gasteiger partial charge in [0.15, 0.2) is 0 Å². The molecule has 0 aromatic carbocycles. The zero-order valence-electron chi connectivity index (χ0n) is 17.4. The van der Waals surface area contributed by atoms with E-state index in [0.717, 1.165) is 37.0 Å². The fourth-order valence-electron chi connectivity index (χ4n) is 4.01. The van der Waals surface area contributed by atoms with Gasteiger partial charge < -0.3 is 24.7 Å². The van der Waals surface area contributed by atoms with E-state index in [4.69, 9.17) is 14.5 Å². The van der Waals surface area contributed by atoms with Crippen molar-refractivity contribution in [2.75, 3.05) is 32.6 Å². The van der Waals surface area contributed by atoms with Gasteiger partial charge in [0.2, 0.25) is 0 Å². The average molecular weight is 399 g/mol. The third-order valence-corrected chi connectivity index (χ3v) is 5.58. The number of anilines is 1. The van der Waals surface area contributed by atoms with E-state index in [9.17, 15) is 0 Å². The zero-order valence-corrected chi connectivity index (χ0v) is 17.4. The van der Waals surface area contributed by atoms with Gasteiger partial charge in [-0.05, 0) is 32.8 Å². The lowest BCUT2D eigenvalue weighted by Gasteiger charge is -2.50. The number of aromatic amines is 1. The first-order valence-corrected chi connectivity index (χ1v) is 10.0. The molecule has 1 atom stereocenters. The molecule has 4 heterocycles. The molecule has 1 saturated heterocycles. The van der Waals surface area contributed by atoms with E-state index in [1.54, 1.807) is 26.7 Å². The number of methoxy groups -OCH3 is 2. The Balaban J connectivity index is 1.63. The molecule has 0 saturated carbocycles. The summed E-state index contributed by atoms with van der Waals surface area (Å²) in [5.74, 6) is 0.498. The Hall–Kier alpha value is -2.49. The molecular weight excluding hydrogens is 370 g/mol. The van der Waals surface area contributed by atoms with E-state index in [0.29, 0.717) is 17.8 Å². The second-order valence-electron chi connectivity index (χ2n) is 7.63. The number of pyridine rings is 1. The smallest absolute Gasteiger partial charge is 0.306 e. The number of amidine groups is 1. The van der Waals surface area contributed by atoms with Gasteiger partial charge in [0.25, 0.3) is 0 Å². The number of aliphatic imine (C=N–C) groups is 1. The third-order valence-electron chi connectivity index (χ3n) is 5.58. The minimum atomic E-state index is -0.901. The van der Waals surface area contributed by atoms with Gasteiger partial charge >= 0.3 is 5.97 Å². The number of hydrogen-bond acceptors (Lipinski definition) is 8. The molecule has 2 N–H and O–H groups in total. The minimum Gasteiger partial charge on any atom is -0.381 e. The van der Waals surface area contributed by atoms with Crippen LogP contribution in [0.5, 0.6) is 0 Å². The van der Waals surface area contributed by atoms with E-state index in [1.165, 1.54) is 0 Å². The van der Waals surface area contributed by atoms with Crippen LogP contribution >= 0.6 is 0 Å². The number of nitrogens with zero attached hydrogens (tertiary/aromatic N) is 5. The summed E-state index contributed by atoms with van der Waals surface area (Å²) in [6.45, 7) is 5.97. The number of likely N-dealkylation sites (tertiary alicyclic amines) is 1. The highest BCUT2D eigenvalue weighted by molar-refractivity contribution is 6.04. The van der Waals surface area contributed by atoms with E-state index < -0.39 is 5.97 Å². The normalized spacial score (nSPS) is 23.8. The second kappa shape index (κ2) is 8.10. The van der Waals surface area contributed by atoms with Crippen LogP contribution in [0.25, 0.3) is 11.0 Å². The summed E-state index contributed by atoms with van der Waals surface area (Å²) >= 11 is 0. The maximum atomic E-state index is 6.08. The highest BCUT2D eigenvalue weighted by Crippen LogP contribution is 2.32. The van der Waals surface area contributed by atoms with E-state index in [2.05, 4.69) is 43.9 Å². The first-order valence-electron chi connectivity index (χ1n) is 10.0. The molecule has 0 aliphatic carbocycles. The summed E-state index contributed by atoms with van der Waals surface area (Å²) in [7, 11) is 3.49. The first kappa shape index (κ1) is 19.8. The molecule has 4 rings (SSSR count). The number of ether oxygens (including phenoxy) is 2. The van der Waals surface area contributed by atoms with Crippen LogP contribution < -0.4 is 5.32 Å². The number of piperidine rings is 1. The van der Waals surface area contributed by atoms with E-state index in [1.807, 2.05) is 18.3 Å². The highest BCUT2D eigenvalue weighted by atomic mass is 16.5. The zero-order chi connectivity index (χ0) is 20.4. The van der Waals surface area contributed by atoms with E-state index in [-0.39, 0.29) is 6.04 Å². The first-order chi connectivity index (χ1) is 14.1. The molecule has 0 spiro atoms. The van der Waals surface area contributed by atoms with E-state index >= 15 is 0 Å². The predicted octanol–water partition coefficient (Wildman–Crippen LogP) is 2.37. The van der Waals surface area contributed by atoms with Crippen LogP contribution in [0.15, 0.2) is 35.9 Å². The Morgan fingerprint density at radius 3 is 2.72 bits per heavy atom. The number of imidazole rings is 1. The molecule has 29 heavy (non-hydrogen) atoms. The van der Waals surface area contributed by atoms with Gasteiger partial charge in [0.1, 0.15) is 17.2 Å². The van der Waals surface area contributed by atoms with Crippen LogP contribution in [0.1, 0.15) is 26.7 Å². The molecule has 156 valence electrons. The predicted molar refractivity (Wildman–Crippen MR) is 112 cm³/mol. The monoisotopic (exact) mass is 399 g/mol. The van der Waals surface area contributed by atoms with Gasteiger partial charge in [-0.15, -0.1) is 0 Å². The lowest BCUT2D eigenvalue weighted by Crippen LogP contribution is -2.64. The standard InChI is InChI=1S/C20H29N7O2/c1-14(2)27-10-7-18(24-19-11-16-17(12-21-19)23-13-22-16)25-20(27,29-4)26-8-5-15(28-3)6-9-26/h7,10-15H,5-6,8-9H2,1-4H3,(H,22,23)(H,21,24,25). The van der Waals surface area contributed by atoms with Crippen LogP contribution in [-0.2, 0) is 9.47 Å². The molecule has 2 aliphatic rings. The van der Waals surface area contributed by atoms with Crippen molar-refractivity contribution >= 4 is 22.7 Å². The summed E-state index contributed by atoms with van der Waals surface area (Å²) in [6.07, 6.45) is 9.59. The number of H-pyrrole nitrogens is 1. The number of rotatable bonds is 5. The fourth-order valence-corrected chi connectivity index (χ4v) is 4.01. The maximum absolute atomic E-state index is 6.08. The van der Waals surface area contributed by atoms with Gasteiger partial charge in [0.05, 0.1) is 24.1 Å². The van der Waals surface area contributed by atoms with Crippen molar-refractivity contribution in [2.45, 2.75) is 44.8 Å². The van der Waals surface area contributed by atoms with Crippen molar-refractivity contribution in [1.29, 1.82) is 0 Å². The number of hydrogen-bond donors (Lipinski definition) is 2. The minimum absolute atomic E-state index is 0.219. The van der Waals surface area contributed by atoms with Gasteiger partial charge in [-0.25, -0.2) is 14.9 Å². The largest absolute Gasteiger partial charge is 0.381 e. The molecule has 2 aliphatic heterocycles. The second-order valence-corrected chi connectivity index (χ2v) is 7.63. The van der Waals surface area contributed by atoms with Crippen molar-refractivity contribution < 1.29 is 9.47 Å². The molecule has 0 bridgehead atoms. The number of fused-ring (bicyclic) bond motifs is 1. The van der Waals surface area contributed by atoms with Crippen LogP contribution in [0.2, 0.25) is 0 Å². The van der Waals surface area contributed by atoms with Gasteiger partial charge in [-0.1, -0.05) is 0 Å². The summed E-state index contributed by atoms with van der Waals surface area (Å²) in [4.78, 5) is 21.2. The van der Waals surface area contributed by atoms with Crippen LogP contribution in [0, 0.1) is 0 Å². The van der Waals surface area contributed by atoms with Crippen molar-refractivity contribution in [3.8, 4) is 0 Å².